The molecular formula is C31H31NO7. The highest BCUT2D eigenvalue weighted by molar-refractivity contribution is 6.12. The van der Waals surface area contributed by atoms with Gasteiger partial charge in [-0.15, -0.1) is 0 Å². The lowest BCUT2D eigenvalue weighted by atomic mass is 9.85. The molecule has 6 rings (SSSR count). The smallest absolute Gasteiger partial charge is 0.328 e. The third-order valence-corrected chi connectivity index (χ3v) is 7.55. The second kappa shape index (κ2) is 10.7. The lowest BCUT2D eigenvalue weighted by Crippen LogP contribution is -2.35. The number of aliphatic carboxylic acids is 1. The Hall–Kier alpha value is -4.43. The predicted octanol–water partition coefficient (Wildman–Crippen LogP) is 5.43. The molecule has 0 unspecified atom stereocenters. The summed E-state index contributed by atoms with van der Waals surface area (Å²) in [6.45, 7) is 2.18. The first-order valence-corrected chi connectivity index (χ1v) is 12.8. The molecular weight excluding hydrogens is 498 g/mol. The summed E-state index contributed by atoms with van der Waals surface area (Å²) in [5.41, 5.74) is 3.35. The molecule has 4 aromatic carbocycles. The number of nitrogens with zero attached hydrogens (tertiary/aromatic N) is 1. The molecule has 4 aromatic rings. The summed E-state index contributed by atoms with van der Waals surface area (Å²) in [4.78, 5) is 12.7. The lowest BCUT2D eigenvalue weighted by molar-refractivity contribution is -0.131. The molecule has 202 valence electrons. The van der Waals surface area contributed by atoms with Crippen molar-refractivity contribution in [2.45, 2.75) is 31.8 Å². The van der Waals surface area contributed by atoms with Gasteiger partial charge in [0.15, 0.2) is 23.0 Å². The van der Waals surface area contributed by atoms with Crippen molar-refractivity contribution in [2.75, 3.05) is 20.8 Å². The third kappa shape index (κ3) is 5.15. The van der Waals surface area contributed by atoms with Crippen LogP contribution in [0, 0.1) is 0 Å². The fourth-order valence-electron chi connectivity index (χ4n) is 5.69. The SMILES string of the molecule is COc1cc2c3c(c4ccc(O)cc4c2cc1OC)CN1CCC[C@H]1C3.O=C(O)/C=C/c1ccc(O)c(O)c1. The van der Waals surface area contributed by atoms with Crippen molar-refractivity contribution in [1.82, 2.24) is 4.90 Å². The van der Waals surface area contributed by atoms with E-state index in [2.05, 4.69) is 23.1 Å². The molecule has 0 spiro atoms. The molecule has 0 radical (unpaired) electrons. The minimum absolute atomic E-state index is 0.229. The van der Waals surface area contributed by atoms with Crippen LogP contribution in [0.15, 0.2) is 54.6 Å². The number of carbonyl (C=O) groups is 1. The largest absolute Gasteiger partial charge is 0.508 e. The average Bonchev–Trinajstić information content (AvgIpc) is 3.40. The van der Waals surface area contributed by atoms with E-state index < -0.39 is 5.97 Å². The molecule has 0 bridgehead atoms. The predicted molar refractivity (Wildman–Crippen MR) is 150 cm³/mol. The molecule has 39 heavy (non-hydrogen) atoms. The number of rotatable bonds is 4. The number of hydrogen-bond acceptors (Lipinski definition) is 7. The number of carboxylic acid groups (broad SMARTS) is 1. The Balaban J connectivity index is 0.000000201. The van der Waals surface area contributed by atoms with Gasteiger partial charge < -0.3 is 29.9 Å². The van der Waals surface area contributed by atoms with E-state index in [9.17, 15) is 9.90 Å². The maximum atomic E-state index is 10.1. The van der Waals surface area contributed by atoms with Crippen molar-refractivity contribution in [3.05, 3.63) is 71.3 Å². The van der Waals surface area contributed by atoms with Gasteiger partial charge in [0.1, 0.15) is 5.75 Å². The number of phenolic OH excluding ortho intramolecular Hbond substituents is 3. The minimum Gasteiger partial charge on any atom is -0.508 e. The van der Waals surface area contributed by atoms with Crippen LogP contribution in [0.2, 0.25) is 0 Å². The van der Waals surface area contributed by atoms with Gasteiger partial charge in [-0.05, 0) is 107 Å². The van der Waals surface area contributed by atoms with Gasteiger partial charge in [-0.25, -0.2) is 4.79 Å². The Morgan fingerprint density at radius 3 is 2.28 bits per heavy atom. The molecule has 0 saturated carbocycles. The van der Waals surface area contributed by atoms with E-state index in [1.54, 1.807) is 20.3 Å². The van der Waals surface area contributed by atoms with Gasteiger partial charge in [0.2, 0.25) is 0 Å². The molecule has 2 aliphatic heterocycles. The summed E-state index contributed by atoms with van der Waals surface area (Å²) in [5, 5.41) is 41.0. The highest BCUT2D eigenvalue weighted by Gasteiger charge is 2.32. The van der Waals surface area contributed by atoms with E-state index in [-0.39, 0.29) is 11.5 Å². The second-order valence-electron chi connectivity index (χ2n) is 9.83. The second-order valence-corrected chi connectivity index (χ2v) is 9.83. The first kappa shape index (κ1) is 26.2. The highest BCUT2D eigenvalue weighted by Crippen LogP contribution is 2.44. The summed E-state index contributed by atoms with van der Waals surface area (Å²) in [5.74, 6) is 0.217. The Labute approximate surface area is 225 Å². The average molecular weight is 530 g/mol. The van der Waals surface area contributed by atoms with Crippen molar-refractivity contribution >= 4 is 33.6 Å². The Morgan fingerprint density at radius 2 is 1.59 bits per heavy atom. The number of ether oxygens (including phenoxy) is 2. The van der Waals surface area contributed by atoms with Gasteiger partial charge in [-0.2, -0.15) is 0 Å². The van der Waals surface area contributed by atoms with Crippen LogP contribution < -0.4 is 9.47 Å². The Kier molecular flexibility index (Phi) is 7.21. The summed E-state index contributed by atoms with van der Waals surface area (Å²) in [6, 6.07) is 14.6. The summed E-state index contributed by atoms with van der Waals surface area (Å²) >= 11 is 0. The summed E-state index contributed by atoms with van der Waals surface area (Å²) in [7, 11) is 3.35. The van der Waals surface area contributed by atoms with E-state index in [0.29, 0.717) is 17.4 Å². The van der Waals surface area contributed by atoms with Gasteiger partial charge in [0.25, 0.3) is 0 Å². The van der Waals surface area contributed by atoms with Crippen molar-refractivity contribution in [2.24, 2.45) is 0 Å². The minimum atomic E-state index is -1.06. The van der Waals surface area contributed by atoms with Gasteiger partial charge in [-0.3, -0.25) is 4.90 Å². The van der Waals surface area contributed by atoms with Crippen LogP contribution in [-0.4, -0.2) is 58.1 Å². The summed E-state index contributed by atoms with van der Waals surface area (Å²) < 4.78 is 11.1. The van der Waals surface area contributed by atoms with Crippen LogP contribution in [0.4, 0.5) is 0 Å². The van der Waals surface area contributed by atoms with Gasteiger partial charge in [-0.1, -0.05) is 12.1 Å². The molecule has 0 amide bonds. The van der Waals surface area contributed by atoms with Crippen molar-refractivity contribution in [3.63, 3.8) is 0 Å². The zero-order valence-electron chi connectivity index (χ0n) is 21.8. The van der Waals surface area contributed by atoms with Crippen LogP contribution in [0.3, 0.4) is 0 Å². The fraction of sp³-hybridized carbons (Fsp3) is 0.258. The van der Waals surface area contributed by atoms with Gasteiger partial charge in [0, 0.05) is 18.7 Å². The van der Waals surface area contributed by atoms with Crippen molar-refractivity contribution in [1.29, 1.82) is 0 Å². The number of methoxy groups -OCH3 is 2. The van der Waals surface area contributed by atoms with E-state index in [1.807, 2.05) is 6.07 Å². The molecule has 1 fully saturated rings. The quantitative estimate of drug-likeness (QED) is 0.157. The molecule has 1 saturated heterocycles. The Morgan fingerprint density at radius 1 is 0.872 bits per heavy atom. The van der Waals surface area contributed by atoms with E-state index in [4.69, 9.17) is 24.8 Å². The normalized spacial score (nSPS) is 16.5. The van der Waals surface area contributed by atoms with E-state index >= 15 is 0 Å². The van der Waals surface area contributed by atoms with E-state index in [1.165, 1.54) is 65.6 Å². The molecule has 8 heteroatoms. The molecule has 8 nitrogen and oxygen atoms in total. The molecule has 0 aromatic heterocycles. The number of fused-ring (bicyclic) bond motifs is 7. The fourth-order valence-corrected chi connectivity index (χ4v) is 5.69. The van der Waals surface area contributed by atoms with Crippen molar-refractivity contribution < 1.29 is 34.7 Å². The number of benzene rings is 4. The monoisotopic (exact) mass is 529 g/mol. The lowest BCUT2D eigenvalue weighted by Gasteiger charge is -2.33. The van der Waals surface area contributed by atoms with Crippen LogP contribution >= 0.6 is 0 Å². The molecule has 1 atom stereocenters. The highest BCUT2D eigenvalue weighted by atomic mass is 16.5. The standard InChI is InChI=1S/C22H23NO3.C9H8O4/c1-25-21-10-18-16-8-13-4-3-7-23(13)12-20(16)15-6-5-14(24)9-17(15)19(18)11-22(21)26-2;10-7-3-1-6(5-8(7)11)2-4-9(12)13/h5-6,9-11,13,24H,3-4,7-8,12H2,1-2H3;1-5,10-11H,(H,12,13)/b;4-2+/t13-;/m0./s1. The number of hydrogen-bond donors (Lipinski definition) is 4. The maximum absolute atomic E-state index is 10.1. The number of carboxylic acids is 1. The van der Waals surface area contributed by atoms with Gasteiger partial charge in [0.05, 0.1) is 14.2 Å². The third-order valence-electron chi connectivity index (χ3n) is 7.55. The molecule has 2 aliphatic rings. The molecule has 0 aliphatic carbocycles. The van der Waals surface area contributed by atoms with Crippen LogP contribution in [-0.2, 0) is 17.8 Å². The number of phenols is 3. The maximum Gasteiger partial charge on any atom is 0.328 e. The first-order chi connectivity index (χ1) is 18.8. The van der Waals surface area contributed by atoms with Crippen molar-refractivity contribution in [3.8, 4) is 28.7 Å². The first-order valence-electron chi connectivity index (χ1n) is 12.8. The van der Waals surface area contributed by atoms with E-state index in [0.717, 1.165) is 41.3 Å². The number of aromatic hydroxyl groups is 3. The molecule has 2 heterocycles. The van der Waals surface area contributed by atoms with Crippen LogP contribution in [0.1, 0.15) is 29.5 Å². The Bertz CT molecular complexity index is 1590. The zero-order chi connectivity index (χ0) is 27.7. The van der Waals surface area contributed by atoms with Crippen LogP contribution in [0.5, 0.6) is 28.7 Å². The molecule has 4 N–H and O–H groups in total. The van der Waals surface area contributed by atoms with Crippen LogP contribution in [0.25, 0.3) is 27.6 Å². The zero-order valence-corrected chi connectivity index (χ0v) is 21.8. The summed E-state index contributed by atoms with van der Waals surface area (Å²) in [6.07, 6.45) is 5.92. The topological polar surface area (TPSA) is 120 Å². The van der Waals surface area contributed by atoms with Gasteiger partial charge >= 0.3 is 5.97 Å².